The summed E-state index contributed by atoms with van der Waals surface area (Å²) >= 11 is 0. The Hall–Kier alpha value is -0.930. The summed E-state index contributed by atoms with van der Waals surface area (Å²) in [7, 11) is 5.56. The molecule has 4 aliphatic rings. The van der Waals surface area contributed by atoms with Gasteiger partial charge in [0, 0.05) is 37.8 Å². The lowest BCUT2D eigenvalue weighted by Crippen LogP contribution is -2.61. The first-order chi connectivity index (χ1) is 22.7. The number of nitrogens with one attached hydrogen (secondary N) is 1. The van der Waals surface area contributed by atoms with E-state index in [4.69, 9.17) is 28.4 Å². The fraction of sp³-hybridized carbons (Fsp3) is 0.973. The highest BCUT2D eigenvalue weighted by Gasteiger charge is 2.57. The van der Waals surface area contributed by atoms with Crippen LogP contribution < -0.4 is 5.32 Å². The number of rotatable bonds is 7. The number of carbonyl (C=O) groups excluding carboxylic acids is 1. The number of methoxy groups -OCH3 is 1. The van der Waals surface area contributed by atoms with Gasteiger partial charge in [0.2, 0.25) is 5.91 Å². The van der Waals surface area contributed by atoms with Gasteiger partial charge in [-0.25, -0.2) is 0 Å². The quantitative estimate of drug-likeness (QED) is 0.310. The van der Waals surface area contributed by atoms with Crippen molar-refractivity contribution in [1.82, 2.24) is 10.2 Å². The summed E-state index contributed by atoms with van der Waals surface area (Å²) in [6, 6.07) is -0.920. The third kappa shape index (κ3) is 8.50. The number of hydrogen-bond donors (Lipinski definition) is 4. The SMILES string of the molecule is CC[C@H]1NC(=O)[C@H](C)[C@@H](O[C@H]2C[C@@](C)(OC)C[C@H](C)O2)[C@H](C)[C@@H](O[C@@H]2O[C@H](C)C[C@H](N(C)C)[C@H]2O)[C@@]2(C)C[C@@H](C)[C@@H](O2)[C@H](C)[C@@H](O)[C@]1(C)O. The van der Waals surface area contributed by atoms with Gasteiger partial charge >= 0.3 is 0 Å². The molecule has 2 bridgehead atoms. The highest BCUT2D eigenvalue weighted by molar-refractivity contribution is 5.79. The van der Waals surface area contributed by atoms with Crippen LogP contribution in [0.3, 0.4) is 0 Å². The van der Waals surface area contributed by atoms with Crippen LogP contribution in [0, 0.1) is 23.7 Å². The first-order valence-corrected chi connectivity index (χ1v) is 18.6. The molecule has 0 radical (unpaired) electrons. The van der Waals surface area contributed by atoms with Crippen LogP contribution in [0.25, 0.3) is 0 Å². The number of amides is 1. The Morgan fingerprint density at radius 2 is 1.59 bits per heavy atom. The van der Waals surface area contributed by atoms with Crippen LogP contribution in [-0.2, 0) is 33.2 Å². The molecular weight excluding hydrogens is 632 g/mol. The lowest BCUT2D eigenvalue weighted by Gasteiger charge is -2.48. The molecule has 0 aromatic carbocycles. The van der Waals surface area contributed by atoms with Crippen molar-refractivity contribution < 1.29 is 48.5 Å². The van der Waals surface area contributed by atoms with E-state index in [9.17, 15) is 20.1 Å². The van der Waals surface area contributed by atoms with E-state index >= 15 is 0 Å². The molecule has 4 N–H and O–H groups in total. The normalized spacial score (nSPS) is 51.9. The summed E-state index contributed by atoms with van der Waals surface area (Å²) in [6.45, 7) is 19.3. The monoisotopic (exact) mass is 700 g/mol. The number of carbonyl (C=O) groups is 1. The molecule has 49 heavy (non-hydrogen) atoms. The molecule has 0 spiro atoms. The van der Waals surface area contributed by atoms with E-state index in [-0.39, 0.29) is 30.1 Å². The number of aliphatic hydroxyl groups excluding tert-OH is 2. The number of ether oxygens (including phenoxy) is 6. The maximum atomic E-state index is 14.2. The Labute approximate surface area is 294 Å². The van der Waals surface area contributed by atoms with E-state index in [0.717, 1.165) is 0 Å². The Morgan fingerprint density at radius 1 is 0.939 bits per heavy atom. The third-order valence-corrected chi connectivity index (χ3v) is 12.3. The van der Waals surface area contributed by atoms with Crippen LogP contribution in [-0.4, -0.2) is 132 Å². The second-order valence-corrected chi connectivity index (χ2v) is 16.9. The minimum Gasteiger partial charge on any atom is -0.390 e. The Morgan fingerprint density at radius 3 is 2.18 bits per heavy atom. The molecule has 0 saturated carbocycles. The molecule has 12 nitrogen and oxygen atoms in total. The lowest BCUT2D eigenvalue weighted by molar-refractivity contribution is -0.311. The molecule has 4 heterocycles. The van der Waals surface area contributed by atoms with Gasteiger partial charge in [0.25, 0.3) is 0 Å². The second kappa shape index (κ2) is 15.6. The van der Waals surface area contributed by atoms with E-state index in [1.807, 2.05) is 74.4 Å². The Kier molecular flexibility index (Phi) is 13.0. The number of nitrogens with zero attached hydrogens (tertiary/aromatic N) is 1. The predicted octanol–water partition coefficient (Wildman–Crippen LogP) is 3.23. The molecule has 4 aliphatic heterocycles. The number of aliphatic hydroxyl groups is 3. The summed E-state index contributed by atoms with van der Waals surface area (Å²) in [5.41, 5.74) is -3.05. The molecular formula is C37H68N2O10. The van der Waals surface area contributed by atoms with Gasteiger partial charge in [0.05, 0.1) is 59.8 Å². The minimum absolute atomic E-state index is 0.00580. The average Bonchev–Trinajstić information content (AvgIpc) is 3.34. The maximum absolute atomic E-state index is 14.2. The van der Waals surface area contributed by atoms with Crippen LogP contribution in [0.4, 0.5) is 0 Å². The van der Waals surface area contributed by atoms with Crippen molar-refractivity contribution in [1.29, 1.82) is 0 Å². The molecule has 0 aromatic heterocycles. The maximum Gasteiger partial charge on any atom is 0.225 e. The topological polar surface area (TPSA) is 148 Å². The molecule has 18 atom stereocenters. The molecule has 4 fully saturated rings. The number of likely N-dealkylation sites (N-methyl/N-ethyl adjacent to an activating group) is 1. The first kappa shape index (κ1) is 40.8. The Balaban J connectivity index is 1.83. The standard InChI is InChI=1S/C37H68N2O10/c1-14-26-37(10,43)31(41)22(5)29-19(2)16-36(9,49-29)32(48-34-28(40)25(39(11)12)15-20(3)46-34)23(6)30(24(7)33(42)38-26)47-27-18-35(8,44-13)17-21(4)45-27/h19-32,34,40-41,43H,14-18H2,1-13H3,(H,38,42)/t19-,20-,21+,22+,23+,24-,25+,26-,27+,28-,29-,30+,31-,32-,34+,35+,36-,37-/m1/s1. The van der Waals surface area contributed by atoms with E-state index < -0.39 is 83.7 Å². The van der Waals surface area contributed by atoms with Gasteiger partial charge < -0.3 is 54.0 Å². The van der Waals surface area contributed by atoms with Crippen molar-refractivity contribution in [3.63, 3.8) is 0 Å². The van der Waals surface area contributed by atoms with E-state index in [2.05, 4.69) is 12.2 Å². The molecule has 4 saturated heterocycles. The molecule has 4 rings (SSSR count). The minimum atomic E-state index is -1.64. The molecule has 0 aromatic rings. The van der Waals surface area contributed by atoms with Gasteiger partial charge in [-0.05, 0) is 73.9 Å². The van der Waals surface area contributed by atoms with Gasteiger partial charge in [0.1, 0.15) is 11.7 Å². The van der Waals surface area contributed by atoms with Crippen LogP contribution in [0.2, 0.25) is 0 Å². The van der Waals surface area contributed by atoms with Gasteiger partial charge in [-0.3, -0.25) is 4.79 Å². The van der Waals surface area contributed by atoms with Gasteiger partial charge in [-0.15, -0.1) is 0 Å². The summed E-state index contributed by atoms with van der Waals surface area (Å²) in [6.07, 6.45) is -3.17. The zero-order valence-electron chi connectivity index (χ0n) is 32.3. The zero-order valence-corrected chi connectivity index (χ0v) is 32.3. The fourth-order valence-electron chi connectivity index (χ4n) is 9.39. The number of fused-ring (bicyclic) bond motifs is 2. The molecule has 1 amide bonds. The Bertz CT molecular complexity index is 1110. The highest BCUT2D eigenvalue weighted by atomic mass is 16.7. The lowest BCUT2D eigenvalue weighted by atomic mass is 9.75. The van der Waals surface area contributed by atoms with Crippen molar-refractivity contribution in [2.45, 2.75) is 186 Å². The molecule has 0 unspecified atom stereocenters. The van der Waals surface area contributed by atoms with Gasteiger partial charge in [0.15, 0.2) is 12.6 Å². The summed E-state index contributed by atoms with van der Waals surface area (Å²) in [4.78, 5) is 16.2. The van der Waals surface area contributed by atoms with Crippen molar-refractivity contribution in [2.24, 2.45) is 23.7 Å². The van der Waals surface area contributed by atoms with Crippen LogP contribution in [0.15, 0.2) is 0 Å². The van der Waals surface area contributed by atoms with Crippen LogP contribution >= 0.6 is 0 Å². The fourth-order valence-corrected chi connectivity index (χ4v) is 9.39. The van der Waals surface area contributed by atoms with Crippen molar-refractivity contribution >= 4 is 5.91 Å². The van der Waals surface area contributed by atoms with Crippen molar-refractivity contribution in [3.8, 4) is 0 Å². The largest absolute Gasteiger partial charge is 0.390 e. The predicted molar refractivity (Wildman–Crippen MR) is 185 cm³/mol. The van der Waals surface area contributed by atoms with Gasteiger partial charge in [-0.1, -0.05) is 34.6 Å². The summed E-state index contributed by atoms with van der Waals surface area (Å²) in [5.74, 6) is -2.01. The third-order valence-electron chi connectivity index (χ3n) is 12.3. The zero-order chi connectivity index (χ0) is 36.8. The molecule has 12 heteroatoms. The van der Waals surface area contributed by atoms with E-state index in [0.29, 0.717) is 32.1 Å². The van der Waals surface area contributed by atoms with E-state index in [1.54, 1.807) is 14.0 Å². The smallest absolute Gasteiger partial charge is 0.225 e. The van der Waals surface area contributed by atoms with Crippen molar-refractivity contribution in [3.05, 3.63) is 0 Å². The summed E-state index contributed by atoms with van der Waals surface area (Å²) in [5, 5.41) is 38.2. The summed E-state index contributed by atoms with van der Waals surface area (Å²) < 4.78 is 39.3. The number of hydrogen-bond acceptors (Lipinski definition) is 11. The van der Waals surface area contributed by atoms with Crippen LogP contribution in [0.5, 0.6) is 0 Å². The van der Waals surface area contributed by atoms with Gasteiger partial charge in [-0.2, -0.15) is 0 Å². The van der Waals surface area contributed by atoms with Crippen molar-refractivity contribution in [2.75, 3.05) is 21.2 Å². The molecule has 286 valence electrons. The van der Waals surface area contributed by atoms with Crippen LogP contribution in [0.1, 0.15) is 101 Å². The second-order valence-electron chi connectivity index (χ2n) is 16.9. The first-order valence-electron chi connectivity index (χ1n) is 18.6. The highest BCUT2D eigenvalue weighted by Crippen LogP contribution is 2.47. The average molecular weight is 701 g/mol. The molecule has 0 aliphatic carbocycles. The van der Waals surface area contributed by atoms with E-state index in [1.165, 1.54) is 0 Å².